The molecule has 0 fully saturated rings. The minimum absolute atomic E-state index is 0.238. The highest BCUT2D eigenvalue weighted by molar-refractivity contribution is 7.13. The molecule has 2 N–H and O–H groups in total. The predicted octanol–water partition coefficient (Wildman–Crippen LogP) is 5.22. The lowest BCUT2D eigenvalue weighted by Gasteiger charge is -2.05. The van der Waals surface area contributed by atoms with Crippen LogP contribution in [0.5, 0.6) is 0 Å². The number of hydrogen-bond donors (Lipinski definition) is 1. The second-order valence-corrected chi connectivity index (χ2v) is 6.52. The number of anilines is 1. The lowest BCUT2D eigenvalue weighted by Crippen LogP contribution is -1.99. The van der Waals surface area contributed by atoms with E-state index in [1.54, 1.807) is 10.7 Å². The highest BCUT2D eigenvalue weighted by Gasteiger charge is 2.17. The molecule has 0 saturated heterocycles. The highest BCUT2D eigenvalue weighted by atomic mass is 32.1. The molecule has 0 spiro atoms. The Balaban J connectivity index is 1.77. The number of fused-ring (bicyclic) bond motifs is 1. The molecule has 10 heteroatoms. The summed E-state index contributed by atoms with van der Waals surface area (Å²) in [5.41, 5.74) is 9.81. The van der Waals surface area contributed by atoms with Crippen LogP contribution in [0, 0.1) is 13.8 Å². The van der Waals surface area contributed by atoms with E-state index in [4.69, 9.17) is 5.73 Å². The van der Waals surface area contributed by atoms with Crippen LogP contribution in [-0.4, -0.2) is 19.6 Å². The van der Waals surface area contributed by atoms with E-state index in [0.717, 1.165) is 11.4 Å². The molecule has 4 rings (SSSR count). The first-order chi connectivity index (χ1) is 13.1. The number of thiazole rings is 1. The van der Waals surface area contributed by atoms with E-state index in [-0.39, 0.29) is 5.82 Å². The van der Waals surface area contributed by atoms with Gasteiger partial charge in [-0.2, -0.15) is 5.11 Å². The van der Waals surface area contributed by atoms with Crippen LogP contribution in [0.25, 0.3) is 5.65 Å². The lowest BCUT2D eigenvalue weighted by atomic mass is 10.3. The normalized spacial score (nSPS) is 11.9. The molecule has 3 heterocycles. The summed E-state index contributed by atoms with van der Waals surface area (Å²) in [4.78, 5) is 8.64. The molecule has 0 aliphatic rings. The summed E-state index contributed by atoms with van der Waals surface area (Å²) in [6.45, 7) is 3.74. The molecule has 0 atom stereocenters. The summed E-state index contributed by atoms with van der Waals surface area (Å²) in [7, 11) is 0. The molecule has 0 aliphatic carbocycles. The van der Waals surface area contributed by atoms with E-state index >= 15 is 0 Å². The first-order valence-electron chi connectivity index (χ1n) is 8.07. The Kier molecular flexibility index (Phi) is 4.38. The summed E-state index contributed by atoms with van der Waals surface area (Å²) >= 11 is 1.38. The molecule has 27 heavy (non-hydrogen) atoms. The van der Waals surface area contributed by atoms with Crippen molar-refractivity contribution in [2.45, 2.75) is 13.8 Å². The number of aromatic nitrogens is 4. The summed E-state index contributed by atoms with van der Waals surface area (Å²) < 4.78 is 1.61. The van der Waals surface area contributed by atoms with Crippen molar-refractivity contribution in [3.8, 4) is 0 Å². The first-order valence-corrected chi connectivity index (χ1v) is 8.95. The number of aryl methyl sites for hydroxylation is 2. The number of nitrogen functional groups attached to an aromatic ring is 1. The monoisotopic (exact) mass is 377 g/mol. The number of benzene rings is 1. The van der Waals surface area contributed by atoms with Crippen LogP contribution in [-0.2, 0) is 0 Å². The minimum Gasteiger partial charge on any atom is -0.380 e. The summed E-state index contributed by atoms with van der Waals surface area (Å²) in [5, 5.41) is 23.6. The third-order valence-corrected chi connectivity index (χ3v) is 4.47. The average Bonchev–Trinajstić information content (AvgIpc) is 3.29. The van der Waals surface area contributed by atoms with E-state index in [9.17, 15) is 0 Å². The molecule has 0 saturated carbocycles. The van der Waals surface area contributed by atoms with Gasteiger partial charge in [0.1, 0.15) is 5.69 Å². The minimum atomic E-state index is 0.238. The Morgan fingerprint density at radius 3 is 2.52 bits per heavy atom. The van der Waals surface area contributed by atoms with Crippen molar-refractivity contribution in [1.82, 2.24) is 19.6 Å². The van der Waals surface area contributed by atoms with E-state index in [0.29, 0.717) is 27.8 Å². The number of nitrogens with zero attached hydrogens (tertiary/aromatic N) is 8. The smallest absolute Gasteiger partial charge is 0.229 e. The Hall–Kier alpha value is -3.53. The van der Waals surface area contributed by atoms with Gasteiger partial charge in [-0.3, -0.25) is 0 Å². The fourth-order valence-corrected chi connectivity index (χ4v) is 2.98. The summed E-state index contributed by atoms with van der Waals surface area (Å²) in [6.07, 6.45) is 1.66. The zero-order valence-electron chi connectivity index (χ0n) is 14.6. The Labute approximate surface area is 158 Å². The average molecular weight is 377 g/mol. The van der Waals surface area contributed by atoms with Gasteiger partial charge < -0.3 is 5.73 Å². The molecule has 134 valence electrons. The van der Waals surface area contributed by atoms with E-state index in [2.05, 4.69) is 35.5 Å². The van der Waals surface area contributed by atoms with Crippen molar-refractivity contribution >= 4 is 45.0 Å². The van der Waals surface area contributed by atoms with Crippen LogP contribution in [0.15, 0.2) is 62.4 Å². The lowest BCUT2D eigenvalue weighted by molar-refractivity contribution is 0.885. The molecule has 9 nitrogen and oxygen atoms in total. The molecule has 0 unspecified atom stereocenters. The van der Waals surface area contributed by atoms with Gasteiger partial charge in [0.05, 0.1) is 17.1 Å². The molecule has 0 bridgehead atoms. The van der Waals surface area contributed by atoms with Crippen LogP contribution >= 0.6 is 11.3 Å². The molecular weight excluding hydrogens is 362 g/mol. The van der Waals surface area contributed by atoms with Crippen molar-refractivity contribution in [2.75, 3.05) is 5.73 Å². The number of rotatable bonds is 4. The van der Waals surface area contributed by atoms with Gasteiger partial charge in [-0.05, 0) is 26.0 Å². The Morgan fingerprint density at radius 1 is 1.00 bits per heavy atom. The van der Waals surface area contributed by atoms with Gasteiger partial charge in [0.2, 0.25) is 5.13 Å². The van der Waals surface area contributed by atoms with Gasteiger partial charge in [0, 0.05) is 11.6 Å². The predicted molar refractivity (Wildman–Crippen MR) is 104 cm³/mol. The maximum Gasteiger partial charge on any atom is 0.229 e. The Morgan fingerprint density at radius 2 is 1.78 bits per heavy atom. The van der Waals surface area contributed by atoms with Gasteiger partial charge >= 0.3 is 0 Å². The van der Waals surface area contributed by atoms with Crippen LogP contribution in [0.3, 0.4) is 0 Å². The van der Waals surface area contributed by atoms with Crippen molar-refractivity contribution in [1.29, 1.82) is 0 Å². The zero-order valence-corrected chi connectivity index (χ0v) is 15.4. The summed E-state index contributed by atoms with van der Waals surface area (Å²) in [6, 6.07) is 9.50. The second-order valence-electron chi connectivity index (χ2n) is 5.65. The third-order valence-electron chi connectivity index (χ3n) is 3.82. The van der Waals surface area contributed by atoms with Crippen molar-refractivity contribution in [3.05, 3.63) is 53.3 Å². The molecule has 0 radical (unpaired) electrons. The van der Waals surface area contributed by atoms with Crippen LogP contribution in [0.2, 0.25) is 0 Å². The SMILES string of the molecule is Cc1nc2c(N=Nc3nccs3)c(N)nn2c(C)c1N=Nc1ccccc1. The van der Waals surface area contributed by atoms with E-state index < -0.39 is 0 Å². The van der Waals surface area contributed by atoms with Crippen LogP contribution in [0.1, 0.15) is 11.4 Å². The van der Waals surface area contributed by atoms with Crippen LogP contribution < -0.4 is 5.73 Å². The van der Waals surface area contributed by atoms with Gasteiger partial charge in [0.25, 0.3) is 0 Å². The third kappa shape index (κ3) is 3.29. The quantitative estimate of drug-likeness (QED) is 0.490. The number of nitrogens with two attached hydrogens (primary N) is 1. The summed E-state index contributed by atoms with van der Waals surface area (Å²) in [5.74, 6) is 0.238. The zero-order chi connectivity index (χ0) is 18.8. The fraction of sp³-hybridized carbons (Fsp3) is 0.118. The van der Waals surface area contributed by atoms with Crippen molar-refractivity contribution < 1.29 is 0 Å². The highest BCUT2D eigenvalue weighted by Crippen LogP contribution is 2.33. The topological polar surface area (TPSA) is 119 Å². The van der Waals surface area contributed by atoms with Crippen molar-refractivity contribution in [3.63, 3.8) is 0 Å². The van der Waals surface area contributed by atoms with Crippen LogP contribution in [0.4, 0.5) is 28.0 Å². The maximum absolute atomic E-state index is 6.03. The molecule has 0 aliphatic heterocycles. The Bertz CT molecular complexity index is 1140. The van der Waals surface area contributed by atoms with E-state index in [1.165, 1.54) is 11.3 Å². The van der Waals surface area contributed by atoms with Gasteiger partial charge in [-0.25, -0.2) is 14.5 Å². The molecule has 0 amide bonds. The molecule has 1 aromatic carbocycles. The van der Waals surface area contributed by atoms with Gasteiger partial charge in [-0.15, -0.1) is 31.8 Å². The standard InChI is InChI=1S/C17H15N9S/c1-10-13(22-21-12-6-4-3-5-7-12)11(2)26-16(20-10)14(15(18)25-26)23-24-17-19-8-9-27-17/h3-9H,1-2H3,(H2,18,25). The van der Waals surface area contributed by atoms with E-state index in [1.807, 2.05) is 49.6 Å². The number of azo groups is 2. The van der Waals surface area contributed by atoms with Gasteiger partial charge in [-0.1, -0.05) is 18.2 Å². The number of hydrogen-bond acceptors (Lipinski definition) is 9. The molecule has 3 aromatic heterocycles. The largest absolute Gasteiger partial charge is 0.380 e. The fourth-order valence-electron chi connectivity index (χ4n) is 2.53. The molecular formula is C17H15N9S. The van der Waals surface area contributed by atoms with Gasteiger partial charge in [0.15, 0.2) is 17.2 Å². The molecule has 4 aromatic rings. The second kappa shape index (κ2) is 7.00. The van der Waals surface area contributed by atoms with Crippen molar-refractivity contribution in [2.24, 2.45) is 20.5 Å². The maximum atomic E-state index is 6.03. The first kappa shape index (κ1) is 16.9.